The van der Waals surface area contributed by atoms with Crippen molar-refractivity contribution in [1.82, 2.24) is 9.88 Å². The quantitative estimate of drug-likeness (QED) is 0.833. The van der Waals surface area contributed by atoms with Crippen LogP contribution in [0.15, 0.2) is 38.9 Å². The Kier molecular flexibility index (Phi) is 4.75. The number of rotatable bonds is 4. The molecule has 0 aliphatic carbocycles. The third-order valence-electron chi connectivity index (χ3n) is 4.67. The van der Waals surface area contributed by atoms with Crippen molar-refractivity contribution in [3.05, 3.63) is 35.3 Å². The van der Waals surface area contributed by atoms with Gasteiger partial charge in [0.15, 0.2) is 4.34 Å². The summed E-state index contributed by atoms with van der Waals surface area (Å²) in [6, 6.07) is 7.37. The molecule has 5 nitrogen and oxygen atoms in total. The normalized spacial score (nSPS) is 24.8. The zero-order chi connectivity index (χ0) is 18.3. The van der Waals surface area contributed by atoms with E-state index in [1.807, 2.05) is 36.6 Å². The molecule has 1 aromatic carbocycles. The molecule has 3 heterocycles. The van der Waals surface area contributed by atoms with E-state index in [4.69, 9.17) is 0 Å². The summed E-state index contributed by atoms with van der Waals surface area (Å²) >= 11 is 4.95. The van der Waals surface area contributed by atoms with Gasteiger partial charge in [-0.05, 0) is 44.5 Å². The molecule has 8 heteroatoms. The molecule has 0 radical (unpaired) electrons. The van der Waals surface area contributed by atoms with Crippen LogP contribution in [0.2, 0.25) is 0 Å². The molecule has 2 aliphatic rings. The lowest BCUT2D eigenvalue weighted by atomic mass is 10.2. The van der Waals surface area contributed by atoms with E-state index in [0.717, 1.165) is 27.0 Å². The highest BCUT2D eigenvalue weighted by Gasteiger charge is 2.52. The molecule has 26 heavy (non-hydrogen) atoms. The topological polar surface area (TPSA) is 62.3 Å². The second-order valence-electron chi connectivity index (χ2n) is 6.64. The van der Waals surface area contributed by atoms with E-state index in [-0.39, 0.29) is 22.7 Å². The maximum absolute atomic E-state index is 12.7. The highest BCUT2D eigenvalue weighted by molar-refractivity contribution is 8.01. The number of thiazole rings is 1. The molecular weight excluding hydrogens is 386 g/mol. The summed E-state index contributed by atoms with van der Waals surface area (Å²) in [5, 5.41) is 4.99. The second kappa shape index (κ2) is 6.90. The number of carbonyl (C=O) groups is 2. The van der Waals surface area contributed by atoms with Crippen molar-refractivity contribution in [3.63, 3.8) is 0 Å². The average Bonchev–Trinajstić information content (AvgIpc) is 3.25. The van der Waals surface area contributed by atoms with Gasteiger partial charge in [-0.2, -0.15) is 0 Å². The lowest BCUT2D eigenvalue weighted by molar-refractivity contribution is -0.135. The Morgan fingerprint density at radius 3 is 2.85 bits per heavy atom. The molecule has 2 saturated heterocycles. The van der Waals surface area contributed by atoms with Gasteiger partial charge in [0.25, 0.3) is 0 Å². The van der Waals surface area contributed by atoms with E-state index in [1.54, 1.807) is 39.8 Å². The maximum atomic E-state index is 12.7. The van der Waals surface area contributed by atoms with Crippen LogP contribution in [0.1, 0.15) is 25.5 Å². The number of amides is 2. The Hall–Kier alpha value is -1.51. The number of benzene rings is 1. The summed E-state index contributed by atoms with van der Waals surface area (Å²) < 4.78 is 1.01. The molecule has 2 unspecified atom stereocenters. The van der Waals surface area contributed by atoms with Gasteiger partial charge in [0.05, 0.1) is 4.87 Å². The number of hydrogen-bond acceptors (Lipinski definition) is 6. The monoisotopic (exact) mass is 405 g/mol. The molecule has 2 aromatic rings. The van der Waals surface area contributed by atoms with Crippen LogP contribution in [0.3, 0.4) is 0 Å². The standard InChI is InChI=1S/C18H19N3O2S3/c1-11-9-24-17(19-11)26-13-5-3-12(4-6-13)20-16(23)14-10-25-18(2)8-7-15(22)21(14)18/h3-6,9,14H,7-8,10H2,1-2H3,(H,20,23). The van der Waals surface area contributed by atoms with Crippen molar-refractivity contribution in [3.8, 4) is 0 Å². The summed E-state index contributed by atoms with van der Waals surface area (Å²) in [5.41, 5.74) is 1.78. The number of carbonyl (C=O) groups excluding carboxylic acids is 2. The molecule has 1 aromatic heterocycles. The molecule has 0 bridgehead atoms. The van der Waals surface area contributed by atoms with Crippen molar-refractivity contribution < 1.29 is 9.59 Å². The lowest BCUT2D eigenvalue weighted by Gasteiger charge is -2.29. The van der Waals surface area contributed by atoms with Gasteiger partial charge in [-0.3, -0.25) is 9.59 Å². The molecule has 0 saturated carbocycles. The number of aromatic nitrogens is 1. The van der Waals surface area contributed by atoms with Crippen LogP contribution in [0, 0.1) is 6.92 Å². The minimum Gasteiger partial charge on any atom is -0.324 e. The fourth-order valence-electron chi connectivity index (χ4n) is 3.33. The van der Waals surface area contributed by atoms with E-state index < -0.39 is 0 Å². The van der Waals surface area contributed by atoms with E-state index in [2.05, 4.69) is 17.2 Å². The van der Waals surface area contributed by atoms with Crippen molar-refractivity contribution >= 4 is 52.4 Å². The van der Waals surface area contributed by atoms with Gasteiger partial charge in [-0.25, -0.2) is 4.98 Å². The third kappa shape index (κ3) is 3.37. The van der Waals surface area contributed by atoms with Gasteiger partial charge in [-0.1, -0.05) is 11.8 Å². The first-order chi connectivity index (χ1) is 12.4. The first kappa shape index (κ1) is 17.9. The van der Waals surface area contributed by atoms with Gasteiger partial charge in [0.1, 0.15) is 6.04 Å². The number of hydrogen-bond donors (Lipinski definition) is 1. The molecule has 2 amide bonds. The third-order valence-corrected chi connectivity index (χ3v) is 8.24. The lowest BCUT2D eigenvalue weighted by Crippen LogP contribution is -2.48. The fraction of sp³-hybridized carbons (Fsp3) is 0.389. The summed E-state index contributed by atoms with van der Waals surface area (Å²) in [5.74, 6) is 0.640. The van der Waals surface area contributed by atoms with Crippen LogP contribution in [0.25, 0.3) is 0 Å². The predicted molar refractivity (Wildman–Crippen MR) is 107 cm³/mol. The zero-order valence-electron chi connectivity index (χ0n) is 14.5. The van der Waals surface area contributed by atoms with Gasteiger partial charge in [0.2, 0.25) is 11.8 Å². The molecule has 0 spiro atoms. The average molecular weight is 406 g/mol. The minimum absolute atomic E-state index is 0.0862. The minimum atomic E-state index is -0.382. The number of anilines is 1. The first-order valence-corrected chi connectivity index (χ1v) is 11.1. The van der Waals surface area contributed by atoms with Crippen molar-refractivity contribution in [2.45, 2.75) is 46.8 Å². The van der Waals surface area contributed by atoms with Gasteiger partial charge in [0, 0.05) is 33.8 Å². The number of fused-ring (bicyclic) bond motifs is 1. The first-order valence-electron chi connectivity index (χ1n) is 8.42. The Morgan fingerprint density at radius 2 is 2.15 bits per heavy atom. The molecular formula is C18H19N3O2S3. The molecule has 4 rings (SSSR count). The zero-order valence-corrected chi connectivity index (χ0v) is 17.0. The van der Waals surface area contributed by atoms with Gasteiger partial charge < -0.3 is 10.2 Å². The SMILES string of the molecule is Cc1csc(Sc2ccc(NC(=O)C3CSC4(C)CCC(=O)N34)cc2)n1. The summed E-state index contributed by atoms with van der Waals surface area (Å²) in [6.07, 6.45) is 1.36. The molecule has 2 atom stereocenters. The van der Waals surface area contributed by atoms with E-state index in [9.17, 15) is 9.59 Å². The number of aryl methyl sites for hydroxylation is 1. The van der Waals surface area contributed by atoms with Crippen molar-refractivity contribution in [2.75, 3.05) is 11.1 Å². The Bertz CT molecular complexity index is 852. The van der Waals surface area contributed by atoms with Crippen LogP contribution >= 0.6 is 34.9 Å². The number of nitrogens with one attached hydrogen (secondary N) is 1. The second-order valence-corrected chi connectivity index (χ2v) is 10.3. The molecule has 136 valence electrons. The molecule has 1 N–H and O–H groups in total. The highest BCUT2D eigenvalue weighted by atomic mass is 32.2. The molecule has 2 fully saturated rings. The predicted octanol–water partition coefficient (Wildman–Crippen LogP) is 4.00. The van der Waals surface area contributed by atoms with Crippen LogP contribution in [-0.4, -0.2) is 38.4 Å². The molecule has 2 aliphatic heterocycles. The highest BCUT2D eigenvalue weighted by Crippen LogP contribution is 2.47. The smallest absolute Gasteiger partial charge is 0.248 e. The summed E-state index contributed by atoms with van der Waals surface area (Å²) in [4.78, 5) is 32.0. The summed E-state index contributed by atoms with van der Waals surface area (Å²) in [6.45, 7) is 4.04. The van der Waals surface area contributed by atoms with Crippen LogP contribution in [0.5, 0.6) is 0 Å². The van der Waals surface area contributed by atoms with Gasteiger partial charge >= 0.3 is 0 Å². The maximum Gasteiger partial charge on any atom is 0.248 e. The Labute approximate surface area is 165 Å². The summed E-state index contributed by atoms with van der Waals surface area (Å²) in [7, 11) is 0. The van der Waals surface area contributed by atoms with E-state index >= 15 is 0 Å². The number of thioether (sulfide) groups is 1. The largest absolute Gasteiger partial charge is 0.324 e. The van der Waals surface area contributed by atoms with Gasteiger partial charge in [-0.15, -0.1) is 23.1 Å². The van der Waals surface area contributed by atoms with Crippen LogP contribution in [0.4, 0.5) is 5.69 Å². The fourth-order valence-corrected chi connectivity index (χ4v) is 6.57. The van der Waals surface area contributed by atoms with Crippen molar-refractivity contribution in [1.29, 1.82) is 0 Å². The number of nitrogens with zero attached hydrogens (tertiary/aromatic N) is 2. The van der Waals surface area contributed by atoms with E-state index in [0.29, 0.717) is 12.2 Å². The van der Waals surface area contributed by atoms with Crippen LogP contribution < -0.4 is 5.32 Å². The van der Waals surface area contributed by atoms with Crippen molar-refractivity contribution in [2.24, 2.45) is 0 Å². The Balaban J connectivity index is 1.41. The van der Waals surface area contributed by atoms with Crippen LogP contribution in [-0.2, 0) is 9.59 Å². The van der Waals surface area contributed by atoms with E-state index in [1.165, 1.54) is 0 Å². The Morgan fingerprint density at radius 1 is 1.38 bits per heavy atom.